The van der Waals surface area contributed by atoms with Crippen LogP contribution in [0.4, 0.5) is 17.1 Å². The minimum Gasteiger partial charge on any atom is -0.309 e. The fraction of sp³-hybridized carbons (Fsp3) is 0.254. The Labute approximate surface area is 357 Å². The van der Waals surface area contributed by atoms with Gasteiger partial charge in [0.25, 0.3) is 0 Å². The third kappa shape index (κ3) is 6.64. The van der Waals surface area contributed by atoms with E-state index in [1.54, 1.807) is 5.56 Å². The summed E-state index contributed by atoms with van der Waals surface area (Å²) in [6.45, 7) is 11.7. The smallest absolute Gasteiger partial charge is 0.0540 e. The van der Waals surface area contributed by atoms with Crippen molar-refractivity contribution in [3.8, 4) is 33.4 Å². The van der Waals surface area contributed by atoms with Gasteiger partial charge in [0, 0.05) is 22.1 Å². The lowest BCUT2D eigenvalue weighted by atomic mass is 9.80. The fourth-order valence-electron chi connectivity index (χ4n) is 10.8. The van der Waals surface area contributed by atoms with Gasteiger partial charge in [-0.05, 0) is 122 Å². The predicted octanol–water partition coefficient (Wildman–Crippen LogP) is 14.9. The van der Waals surface area contributed by atoms with Crippen LogP contribution in [0, 0.1) is 0 Å². The maximum absolute atomic E-state index is 2.60. The summed E-state index contributed by atoms with van der Waals surface area (Å²) in [6.07, 6.45) is 11.2. The van der Waals surface area contributed by atoms with Crippen LogP contribution in [0.15, 0.2) is 158 Å². The Bertz CT molecular complexity index is 2860. The van der Waals surface area contributed by atoms with Crippen LogP contribution >= 0.6 is 0 Å². The molecule has 1 saturated carbocycles. The molecule has 1 fully saturated rings. The average molecular weight is 780 g/mol. The first-order chi connectivity index (χ1) is 29.2. The van der Waals surface area contributed by atoms with Crippen molar-refractivity contribution in [3.05, 3.63) is 196 Å². The molecule has 3 aliphatic carbocycles. The molecule has 0 bridgehead atoms. The Balaban J connectivity index is 1.22. The highest BCUT2D eigenvalue weighted by Crippen LogP contribution is 2.52. The van der Waals surface area contributed by atoms with E-state index in [-0.39, 0.29) is 10.8 Å². The van der Waals surface area contributed by atoms with Gasteiger partial charge < -0.3 is 4.90 Å². The fourth-order valence-corrected chi connectivity index (χ4v) is 10.8. The number of para-hydroxylation sites is 3. The Kier molecular flexibility index (Phi) is 9.75. The lowest BCUT2D eigenvalue weighted by Gasteiger charge is -2.33. The number of rotatable bonds is 7. The molecule has 0 atom stereocenters. The molecule has 0 N–H and O–H groups in total. The second kappa shape index (κ2) is 15.3. The maximum atomic E-state index is 2.60. The normalized spacial score (nSPS) is 15.8. The van der Waals surface area contributed by atoms with Gasteiger partial charge in [-0.3, -0.25) is 0 Å². The molecule has 0 amide bonds. The number of anilines is 3. The first-order valence-electron chi connectivity index (χ1n) is 22.4. The summed E-state index contributed by atoms with van der Waals surface area (Å²) >= 11 is 0. The number of hydrogen-bond donors (Lipinski definition) is 0. The predicted molar refractivity (Wildman–Crippen MR) is 256 cm³/mol. The molecule has 3 aliphatic rings. The van der Waals surface area contributed by atoms with Crippen molar-refractivity contribution in [2.24, 2.45) is 0 Å². The molecule has 0 heterocycles. The van der Waals surface area contributed by atoms with E-state index < -0.39 is 0 Å². The summed E-state index contributed by atoms with van der Waals surface area (Å²) in [7, 11) is 0. The molecule has 0 aromatic heterocycles. The molecule has 0 unspecified atom stereocenters. The summed E-state index contributed by atoms with van der Waals surface area (Å²) in [5.41, 5.74) is 19.7. The highest BCUT2D eigenvalue weighted by Gasteiger charge is 2.36. The van der Waals surface area contributed by atoms with Gasteiger partial charge in [0.05, 0.1) is 17.1 Å². The number of hydrogen-bond acceptors (Lipinski definition) is 1. The zero-order valence-electron chi connectivity index (χ0n) is 36.1. The van der Waals surface area contributed by atoms with E-state index in [4.69, 9.17) is 0 Å². The van der Waals surface area contributed by atoms with Gasteiger partial charge in [0.1, 0.15) is 0 Å². The Morgan fingerprint density at radius 3 is 1.77 bits per heavy atom. The first-order valence-corrected chi connectivity index (χ1v) is 22.4. The van der Waals surface area contributed by atoms with E-state index in [0.29, 0.717) is 5.92 Å². The van der Waals surface area contributed by atoms with Gasteiger partial charge in [-0.1, -0.05) is 193 Å². The largest absolute Gasteiger partial charge is 0.309 e. The van der Waals surface area contributed by atoms with Crippen molar-refractivity contribution in [1.82, 2.24) is 0 Å². The molecular weight excluding hydrogens is 723 g/mol. The lowest BCUT2D eigenvalue weighted by molar-refractivity contribution is 0.442. The van der Waals surface area contributed by atoms with E-state index in [9.17, 15) is 0 Å². The highest BCUT2D eigenvalue weighted by atomic mass is 15.1. The third-order valence-corrected chi connectivity index (χ3v) is 14.0. The Hall–Kier alpha value is -5.92. The highest BCUT2D eigenvalue weighted by molar-refractivity contribution is 5.97. The van der Waals surface area contributed by atoms with Crippen LogP contribution in [-0.2, 0) is 10.8 Å². The van der Waals surface area contributed by atoms with Crippen LogP contribution in [0.25, 0.3) is 45.0 Å². The molecule has 0 saturated heterocycles. The summed E-state index contributed by atoms with van der Waals surface area (Å²) in [5, 5.41) is 2.89. The quantitative estimate of drug-likeness (QED) is 0.156. The maximum Gasteiger partial charge on any atom is 0.0540 e. The Morgan fingerprint density at radius 2 is 1.08 bits per heavy atom. The third-order valence-electron chi connectivity index (χ3n) is 14.0. The first kappa shape index (κ1) is 38.3. The average Bonchev–Trinajstić information content (AvgIpc) is 3.52. The van der Waals surface area contributed by atoms with E-state index in [1.807, 2.05) is 0 Å². The molecule has 60 heavy (non-hydrogen) atoms. The molecule has 1 heteroatoms. The summed E-state index contributed by atoms with van der Waals surface area (Å²) in [5.74, 6) is 0.617. The second-order valence-electron chi connectivity index (χ2n) is 19.0. The van der Waals surface area contributed by atoms with Crippen LogP contribution < -0.4 is 15.3 Å². The van der Waals surface area contributed by atoms with E-state index in [0.717, 1.165) is 12.8 Å². The van der Waals surface area contributed by atoms with Crippen molar-refractivity contribution in [2.75, 3.05) is 4.90 Å². The zero-order valence-corrected chi connectivity index (χ0v) is 36.1. The minimum absolute atomic E-state index is 0.0785. The topological polar surface area (TPSA) is 3.24 Å². The van der Waals surface area contributed by atoms with Crippen LogP contribution in [0.2, 0.25) is 0 Å². The lowest BCUT2D eigenvalue weighted by Crippen LogP contribution is -2.35. The van der Waals surface area contributed by atoms with Crippen molar-refractivity contribution < 1.29 is 0 Å². The van der Waals surface area contributed by atoms with E-state index >= 15 is 0 Å². The van der Waals surface area contributed by atoms with Crippen LogP contribution in [-0.4, -0.2) is 0 Å². The van der Waals surface area contributed by atoms with Gasteiger partial charge in [-0.2, -0.15) is 0 Å². The second-order valence-corrected chi connectivity index (χ2v) is 19.0. The van der Waals surface area contributed by atoms with Gasteiger partial charge in [0.15, 0.2) is 0 Å². The van der Waals surface area contributed by atoms with Gasteiger partial charge in [-0.15, -0.1) is 0 Å². The van der Waals surface area contributed by atoms with E-state index in [1.165, 1.54) is 121 Å². The summed E-state index contributed by atoms with van der Waals surface area (Å²) in [4.78, 5) is 2.60. The molecule has 7 aromatic rings. The van der Waals surface area contributed by atoms with Gasteiger partial charge >= 0.3 is 0 Å². The summed E-state index contributed by atoms with van der Waals surface area (Å²) < 4.78 is 0. The summed E-state index contributed by atoms with van der Waals surface area (Å²) in [6, 6.07) is 60.1. The monoisotopic (exact) mass is 779 g/mol. The van der Waals surface area contributed by atoms with E-state index in [2.05, 4.69) is 203 Å². The van der Waals surface area contributed by atoms with Gasteiger partial charge in [0.2, 0.25) is 0 Å². The standard InChI is InChI=1S/C59H57N/c1-58(2,3)44-36-33-41(34-37-44)45-23-10-14-30-54(45)60(55-31-15-11-24-46(55)43-35-38-49-48-25-9-13-29-52(48)59(4,5)53(49)39-43)56-32-16-12-26-50(56)51-28-18-22-42-21-17-27-47(57(42)51)40-19-7-6-8-20-40/h9-17,21-27,29-40H,6-8,18-20,28H2,1-5H3. The van der Waals surface area contributed by atoms with Crippen LogP contribution in [0.5, 0.6) is 0 Å². The Morgan fingerprint density at radius 1 is 0.517 bits per heavy atom. The van der Waals surface area contributed by atoms with Crippen molar-refractivity contribution in [2.45, 2.75) is 96.3 Å². The molecule has 10 rings (SSSR count). The molecule has 298 valence electrons. The number of benzene rings is 7. The van der Waals surface area contributed by atoms with Crippen molar-refractivity contribution in [1.29, 1.82) is 0 Å². The molecular formula is C59H57N. The van der Waals surface area contributed by atoms with Gasteiger partial charge in [-0.25, -0.2) is 0 Å². The molecule has 0 aliphatic heterocycles. The SMILES string of the molecule is CC(C)(C)c1ccc(-c2ccccc2N(c2ccccc2C2=c3c(C4CCCCC4)cccc3=CCC2)c2ccccc2-c2ccc3c(c2)C(C)(C)c2ccccc2-3)cc1. The van der Waals surface area contributed by atoms with Crippen molar-refractivity contribution >= 4 is 28.7 Å². The minimum atomic E-state index is -0.0902. The van der Waals surface area contributed by atoms with Crippen molar-refractivity contribution in [3.63, 3.8) is 0 Å². The van der Waals surface area contributed by atoms with Crippen LogP contribution in [0.1, 0.15) is 113 Å². The molecule has 0 radical (unpaired) electrons. The number of nitrogens with zero attached hydrogens (tertiary/aromatic N) is 1. The molecule has 0 spiro atoms. The zero-order chi connectivity index (χ0) is 41.0. The molecule has 7 aromatic carbocycles. The number of fused-ring (bicyclic) bond motifs is 4. The molecule has 1 nitrogen and oxygen atoms in total. The van der Waals surface area contributed by atoms with Crippen LogP contribution in [0.3, 0.4) is 0 Å².